The Morgan fingerprint density at radius 2 is 1.89 bits per heavy atom. The van der Waals surface area contributed by atoms with Crippen LogP contribution in [0.25, 0.3) is 22.7 Å². The van der Waals surface area contributed by atoms with Gasteiger partial charge in [0.1, 0.15) is 5.82 Å². The van der Waals surface area contributed by atoms with Crippen molar-refractivity contribution in [3.8, 4) is 0 Å². The number of hydrogen-bond donors (Lipinski definition) is 0. The van der Waals surface area contributed by atoms with Crippen LogP contribution in [0.1, 0.15) is 48.2 Å². The van der Waals surface area contributed by atoms with Crippen molar-refractivity contribution in [3.63, 3.8) is 0 Å². The van der Waals surface area contributed by atoms with E-state index in [0.29, 0.717) is 12.1 Å². The molecule has 3 aromatic rings. The molecule has 2 aromatic carbocycles. The summed E-state index contributed by atoms with van der Waals surface area (Å²) in [7, 11) is 2.28. The smallest absolute Gasteiger partial charge is 0.123 e. The second-order valence-electron chi connectivity index (χ2n) is 8.19. The van der Waals surface area contributed by atoms with Gasteiger partial charge in [-0.3, -0.25) is 4.90 Å². The quantitative estimate of drug-likeness (QED) is 0.561. The number of likely N-dealkylation sites (N-methyl/N-ethyl adjacent to an activating group) is 1. The molecule has 138 valence electrons. The topological polar surface area (TPSA) is 8.17 Å². The largest absolute Gasteiger partial charge is 0.320 e. The average Bonchev–Trinajstić information content (AvgIpc) is 3.06. The van der Waals surface area contributed by atoms with Crippen molar-refractivity contribution in [1.82, 2.24) is 9.47 Å². The molecule has 3 heteroatoms. The van der Waals surface area contributed by atoms with Crippen molar-refractivity contribution >= 4 is 22.7 Å². The van der Waals surface area contributed by atoms with E-state index in [4.69, 9.17) is 0 Å². The third-order valence-electron chi connectivity index (χ3n) is 6.53. The summed E-state index contributed by atoms with van der Waals surface area (Å²) in [5.41, 5.74) is 7.80. The molecule has 0 radical (unpaired) electrons. The highest BCUT2D eigenvalue weighted by Gasteiger charge is 2.40. The van der Waals surface area contributed by atoms with Crippen LogP contribution in [-0.4, -0.2) is 22.6 Å². The maximum absolute atomic E-state index is 13.3. The van der Waals surface area contributed by atoms with Gasteiger partial charge in [0.05, 0.1) is 5.52 Å². The summed E-state index contributed by atoms with van der Waals surface area (Å²) in [6, 6.07) is 14.8. The van der Waals surface area contributed by atoms with E-state index in [1.807, 2.05) is 12.1 Å². The standard InChI is InChI=1S/C24H25FN2/c1-15-4-10-21-20(12-15)24-22-11-9-19(26(22)3)13-23(24)27(21)14-16(2)17-5-7-18(25)8-6-17/h4-8,10,12,14,19,22H,9,11,13H2,1-3H3. The number of hydrogen-bond acceptors (Lipinski definition) is 1. The normalized spacial score (nSPS) is 22.4. The molecule has 0 N–H and O–H groups in total. The number of halogens is 1. The second-order valence-corrected chi connectivity index (χ2v) is 8.19. The summed E-state index contributed by atoms with van der Waals surface area (Å²) in [5, 5.41) is 1.39. The van der Waals surface area contributed by atoms with Crippen LogP contribution >= 0.6 is 0 Å². The number of rotatable bonds is 2. The van der Waals surface area contributed by atoms with Gasteiger partial charge in [-0.05, 0) is 74.7 Å². The fourth-order valence-electron chi connectivity index (χ4n) is 5.04. The zero-order valence-corrected chi connectivity index (χ0v) is 16.2. The maximum atomic E-state index is 13.3. The van der Waals surface area contributed by atoms with Gasteiger partial charge < -0.3 is 4.57 Å². The molecule has 1 fully saturated rings. The molecule has 2 aliphatic heterocycles. The molecule has 5 rings (SSSR count). The van der Waals surface area contributed by atoms with E-state index < -0.39 is 0 Å². The van der Waals surface area contributed by atoms with E-state index in [9.17, 15) is 4.39 Å². The highest BCUT2D eigenvalue weighted by molar-refractivity contribution is 5.91. The molecule has 2 bridgehead atoms. The van der Waals surface area contributed by atoms with Crippen molar-refractivity contribution in [3.05, 3.63) is 70.7 Å². The third kappa shape index (κ3) is 2.56. The van der Waals surface area contributed by atoms with Gasteiger partial charge >= 0.3 is 0 Å². The van der Waals surface area contributed by atoms with E-state index >= 15 is 0 Å². The third-order valence-corrected chi connectivity index (χ3v) is 6.53. The van der Waals surface area contributed by atoms with Crippen LogP contribution in [0.4, 0.5) is 4.39 Å². The van der Waals surface area contributed by atoms with Crippen LogP contribution in [0.3, 0.4) is 0 Å². The summed E-state index contributed by atoms with van der Waals surface area (Å²) < 4.78 is 15.7. The second kappa shape index (κ2) is 6.07. The molecular weight excluding hydrogens is 335 g/mol. The molecule has 0 spiro atoms. The number of aryl methyl sites for hydroxylation is 1. The SMILES string of the molecule is CC(=Cn1c2c(c3cc(C)ccc31)C1CCC(C2)N1C)c1ccc(F)cc1. The molecule has 0 aliphatic carbocycles. The Morgan fingerprint density at radius 3 is 2.67 bits per heavy atom. The van der Waals surface area contributed by atoms with Crippen LogP contribution in [0, 0.1) is 12.7 Å². The van der Waals surface area contributed by atoms with Crippen molar-refractivity contribution in [2.24, 2.45) is 0 Å². The fourth-order valence-corrected chi connectivity index (χ4v) is 5.04. The van der Waals surface area contributed by atoms with Gasteiger partial charge in [-0.1, -0.05) is 23.8 Å². The van der Waals surface area contributed by atoms with Gasteiger partial charge in [0.2, 0.25) is 0 Å². The summed E-state index contributed by atoms with van der Waals surface area (Å²) in [6.45, 7) is 4.29. The first kappa shape index (κ1) is 16.8. The lowest BCUT2D eigenvalue weighted by Gasteiger charge is -2.32. The number of nitrogens with zero attached hydrogens (tertiary/aromatic N) is 2. The zero-order valence-electron chi connectivity index (χ0n) is 16.2. The monoisotopic (exact) mass is 360 g/mol. The van der Waals surface area contributed by atoms with Crippen molar-refractivity contribution < 1.29 is 4.39 Å². The van der Waals surface area contributed by atoms with Gasteiger partial charge in [0.15, 0.2) is 0 Å². The van der Waals surface area contributed by atoms with Gasteiger partial charge in [-0.2, -0.15) is 0 Å². The van der Waals surface area contributed by atoms with E-state index in [0.717, 1.165) is 17.6 Å². The summed E-state index contributed by atoms with van der Waals surface area (Å²) in [5.74, 6) is -0.189. The number of allylic oxidation sites excluding steroid dienone is 1. The number of benzene rings is 2. The number of fused-ring (bicyclic) bond motifs is 6. The molecule has 27 heavy (non-hydrogen) atoms. The Labute approximate surface area is 159 Å². The van der Waals surface area contributed by atoms with Crippen LogP contribution in [-0.2, 0) is 6.42 Å². The highest BCUT2D eigenvalue weighted by Crippen LogP contribution is 2.47. The maximum Gasteiger partial charge on any atom is 0.123 e. The van der Waals surface area contributed by atoms with Crippen LogP contribution in [0.5, 0.6) is 0 Å². The molecule has 2 aliphatic rings. The summed E-state index contributed by atoms with van der Waals surface area (Å²) >= 11 is 0. The predicted octanol–water partition coefficient (Wildman–Crippen LogP) is 5.80. The lowest BCUT2D eigenvalue weighted by molar-refractivity contribution is 0.223. The molecule has 1 aromatic heterocycles. The highest BCUT2D eigenvalue weighted by atomic mass is 19.1. The van der Waals surface area contributed by atoms with E-state index in [2.05, 4.69) is 54.8 Å². The Bertz CT molecular complexity index is 1060. The molecule has 0 amide bonds. The molecular formula is C24H25FN2. The van der Waals surface area contributed by atoms with Gasteiger partial charge in [-0.25, -0.2) is 4.39 Å². The van der Waals surface area contributed by atoms with Crippen molar-refractivity contribution in [1.29, 1.82) is 0 Å². The van der Waals surface area contributed by atoms with Crippen LogP contribution in [0.2, 0.25) is 0 Å². The van der Waals surface area contributed by atoms with Gasteiger partial charge in [0, 0.05) is 35.8 Å². The molecule has 3 heterocycles. The van der Waals surface area contributed by atoms with E-state index in [1.54, 1.807) is 0 Å². The van der Waals surface area contributed by atoms with E-state index in [-0.39, 0.29) is 5.82 Å². The van der Waals surface area contributed by atoms with Crippen LogP contribution in [0.15, 0.2) is 42.5 Å². The summed E-state index contributed by atoms with van der Waals surface area (Å²) in [4.78, 5) is 2.57. The Morgan fingerprint density at radius 1 is 1.11 bits per heavy atom. The Hall–Kier alpha value is -2.39. The van der Waals surface area contributed by atoms with Gasteiger partial charge in [-0.15, -0.1) is 0 Å². The minimum atomic E-state index is -0.189. The Kier molecular flexibility index (Phi) is 3.76. The fraction of sp³-hybridized carbons (Fsp3) is 0.333. The molecule has 2 unspecified atom stereocenters. The molecule has 1 saturated heterocycles. The predicted molar refractivity (Wildman–Crippen MR) is 110 cm³/mol. The van der Waals surface area contributed by atoms with Crippen molar-refractivity contribution in [2.45, 2.75) is 45.2 Å². The first-order valence-electron chi connectivity index (χ1n) is 9.82. The molecule has 2 atom stereocenters. The van der Waals surface area contributed by atoms with Crippen LogP contribution < -0.4 is 0 Å². The Balaban J connectivity index is 1.72. The lowest BCUT2D eigenvalue weighted by Crippen LogP contribution is -2.34. The van der Waals surface area contributed by atoms with Gasteiger partial charge in [0.25, 0.3) is 0 Å². The zero-order chi connectivity index (χ0) is 18.7. The number of aromatic nitrogens is 1. The molecule has 0 saturated carbocycles. The minimum Gasteiger partial charge on any atom is -0.320 e. The first-order valence-corrected chi connectivity index (χ1v) is 9.82. The van der Waals surface area contributed by atoms with E-state index in [1.165, 1.54) is 52.7 Å². The summed E-state index contributed by atoms with van der Waals surface area (Å²) in [6.07, 6.45) is 5.88. The molecule has 2 nitrogen and oxygen atoms in total. The minimum absolute atomic E-state index is 0.189. The van der Waals surface area contributed by atoms with Crippen molar-refractivity contribution in [2.75, 3.05) is 7.05 Å². The average molecular weight is 360 g/mol. The lowest BCUT2D eigenvalue weighted by atomic mass is 9.97. The first-order chi connectivity index (χ1) is 13.0.